The van der Waals surface area contributed by atoms with Crippen molar-refractivity contribution >= 4 is 10.9 Å². The molecule has 2 heteroatoms. The van der Waals surface area contributed by atoms with E-state index in [1.807, 2.05) is 0 Å². The van der Waals surface area contributed by atoms with E-state index >= 15 is 0 Å². The molecule has 0 aliphatic rings. The first-order valence-corrected chi connectivity index (χ1v) is 6.83. The highest BCUT2D eigenvalue weighted by molar-refractivity contribution is 5.82. The average molecular weight is 244 g/mol. The van der Waals surface area contributed by atoms with Gasteiger partial charge in [0.15, 0.2) is 0 Å². The summed E-state index contributed by atoms with van der Waals surface area (Å²) in [6.45, 7) is 12.0. The molecule has 0 bridgehead atoms. The monoisotopic (exact) mass is 244 g/mol. The van der Waals surface area contributed by atoms with E-state index in [0.717, 1.165) is 6.54 Å². The second kappa shape index (κ2) is 5.15. The standard InChI is InChI=1S/C16H24N2/c1-11(2)17-10-15-9-14-7-6-13(5)8-16(14)18(15)12(3)4/h6-9,11-12,17H,10H2,1-5H3. The Morgan fingerprint density at radius 2 is 1.83 bits per heavy atom. The Balaban J connectivity index is 2.48. The van der Waals surface area contributed by atoms with E-state index in [0.29, 0.717) is 12.1 Å². The molecule has 2 nitrogen and oxygen atoms in total. The quantitative estimate of drug-likeness (QED) is 0.859. The SMILES string of the molecule is Cc1ccc2cc(CNC(C)C)n(C(C)C)c2c1. The van der Waals surface area contributed by atoms with Crippen molar-refractivity contribution in [3.63, 3.8) is 0 Å². The van der Waals surface area contributed by atoms with Crippen LogP contribution >= 0.6 is 0 Å². The fraction of sp³-hybridized carbons (Fsp3) is 0.500. The van der Waals surface area contributed by atoms with Gasteiger partial charge < -0.3 is 9.88 Å². The minimum absolute atomic E-state index is 0.494. The molecule has 0 atom stereocenters. The molecular weight excluding hydrogens is 220 g/mol. The lowest BCUT2D eigenvalue weighted by molar-refractivity contribution is 0.534. The molecule has 1 aromatic carbocycles. The molecule has 1 heterocycles. The van der Waals surface area contributed by atoms with Gasteiger partial charge in [0, 0.05) is 29.8 Å². The lowest BCUT2D eigenvalue weighted by Gasteiger charge is -2.16. The third-order valence-corrected chi connectivity index (χ3v) is 3.28. The zero-order valence-electron chi connectivity index (χ0n) is 12.1. The Labute approximate surface area is 110 Å². The topological polar surface area (TPSA) is 17.0 Å². The van der Waals surface area contributed by atoms with Crippen LogP contribution in [0.15, 0.2) is 24.3 Å². The van der Waals surface area contributed by atoms with Gasteiger partial charge in [-0.15, -0.1) is 0 Å². The first kappa shape index (κ1) is 13.2. The van der Waals surface area contributed by atoms with Crippen molar-refractivity contribution in [2.24, 2.45) is 0 Å². The van der Waals surface area contributed by atoms with E-state index in [4.69, 9.17) is 0 Å². The maximum Gasteiger partial charge on any atom is 0.0488 e. The number of nitrogens with zero attached hydrogens (tertiary/aromatic N) is 1. The number of aromatic nitrogens is 1. The molecule has 1 aromatic heterocycles. The van der Waals surface area contributed by atoms with E-state index < -0.39 is 0 Å². The fourth-order valence-corrected chi connectivity index (χ4v) is 2.44. The van der Waals surface area contributed by atoms with Crippen LogP contribution in [0.4, 0.5) is 0 Å². The lowest BCUT2D eigenvalue weighted by atomic mass is 10.2. The van der Waals surface area contributed by atoms with Crippen LogP contribution in [0, 0.1) is 6.92 Å². The zero-order valence-corrected chi connectivity index (χ0v) is 12.1. The van der Waals surface area contributed by atoms with E-state index in [2.05, 4.69) is 68.8 Å². The van der Waals surface area contributed by atoms with Crippen molar-refractivity contribution in [2.75, 3.05) is 0 Å². The van der Waals surface area contributed by atoms with Crippen molar-refractivity contribution in [1.29, 1.82) is 0 Å². The van der Waals surface area contributed by atoms with Crippen LogP contribution < -0.4 is 5.32 Å². The highest BCUT2D eigenvalue weighted by atomic mass is 15.0. The molecular formula is C16H24N2. The minimum Gasteiger partial charge on any atom is -0.341 e. The minimum atomic E-state index is 0.494. The van der Waals surface area contributed by atoms with Gasteiger partial charge in [-0.2, -0.15) is 0 Å². The van der Waals surface area contributed by atoms with Crippen LogP contribution in [0.2, 0.25) is 0 Å². The third kappa shape index (κ3) is 2.59. The molecule has 0 amide bonds. The van der Waals surface area contributed by atoms with Gasteiger partial charge in [-0.1, -0.05) is 26.0 Å². The summed E-state index contributed by atoms with van der Waals surface area (Å²) in [6, 6.07) is 10.0. The van der Waals surface area contributed by atoms with Crippen molar-refractivity contribution in [1.82, 2.24) is 9.88 Å². The van der Waals surface area contributed by atoms with Crippen LogP contribution in [0.3, 0.4) is 0 Å². The summed E-state index contributed by atoms with van der Waals surface area (Å²) in [5.74, 6) is 0. The number of benzene rings is 1. The summed E-state index contributed by atoms with van der Waals surface area (Å²) in [5.41, 5.74) is 4.05. The third-order valence-electron chi connectivity index (χ3n) is 3.28. The van der Waals surface area contributed by atoms with Crippen molar-refractivity contribution in [3.05, 3.63) is 35.5 Å². The number of nitrogens with one attached hydrogen (secondary N) is 1. The van der Waals surface area contributed by atoms with Gasteiger partial charge in [-0.25, -0.2) is 0 Å². The summed E-state index contributed by atoms with van der Waals surface area (Å²) < 4.78 is 2.44. The van der Waals surface area contributed by atoms with Gasteiger partial charge >= 0.3 is 0 Å². The van der Waals surface area contributed by atoms with Gasteiger partial charge in [0.1, 0.15) is 0 Å². The van der Waals surface area contributed by atoms with Gasteiger partial charge in [0.25, 0.3) is 0 Å². The summed E-state index contributed by atoms with van der Waals surface area (Å²) >= 11 is 0. The molecule has 0 saturated heterocycles. The Morgan fingerprint density at radius 1 is 1.11 bits per heavy atom. The maximum atomic E-state index is 3.51. The molecule has 2 rings (SSSR count). The molecule has 0 aliphatic heterocycles. The first-order valence-electron chi connectivity index (χ1n) is 6.83. The lowest BCUT2D eigenvalue weighted by Crippen LogP contribution is -2.23. The molecule has 18 heavy (non-hydrogen) atoms. The molecule has 98 valence electrons. The Morgan fingerprint density at radius 3 is 2.44 bits per heavy atom. The number of rotatable bonds is 4. The molecule has 0 unspecified atom stereocenters. The Bertz CT molecular complexity index is 535. The summed E-state index contributed by atoms with van der Waals surface area (Å²) in [7, 11) is 0. The van der Waals surface area contributed by atoms with Crippen LogP contribution in [0.5, 0.6) is 0 Å². The van der Waals surface area contributed by atoms with Gasteiger partial charge in [0.05, 0.1) is 0 Å². The normalized spacial score (nSPS) is 11.9. The summed E-state index contributed by atoms with van der Waals surface area (Å²) in [5, 5.41) is 4.85. The predicted molar refractivity (Wildman–Crippen MR) is 79.0 cm³/mol. The predicted octanol–water partition coefficient (Wildman–Crippen LogP) is 4.03. The van der Waals surface area contributed by atoms with Gasteiger partial charge in [0.2, 0.25) is 0 Å². The van der Waals surface area contributed by atoms with Crippen LogP contribution in [0.1, 0.15) is 45.0 Å². The Hall–Kier alpha value is -1.28. The number of hydrogen-bond donors (Lipinski definition) is 1. The summed E-state index contributed by atoms with van der Waals surface area (Å²) in [6.07, 6.45) is 0. The molecule has 0 spiro atoms. The van der Waals surface area contributed by atoms with Gasteiger partial charge in [-0.3, -0.25) is 0 Å². The first-order chi connectivity index (χ1) is 8.49. The smallest absolute Gasteiger partial charge is 0.0488 e. The molecule has 1 N–H and O–H groups in total. The van der Waals surface area contributed by atoms with Crippen molar-refractivity contribution in [3.8, 4) is 0 Å². The van der Waals surface area contributed by atoms with E-state index in [1.54, 1.807) is 0 Å². The van der Waals surface area contributed by atoms with Gasteiger partial charge in [-0.05, 0) is 43.9 Å². The number of hydrogen-bond acceptors (Lipinski definition) is 1. The zero-order chi connectivity index (χ0) is 13.3. The van der Waals surface area contributed by atoms with E-state index in [-0.39, 0.29) is 0 Å². The van der Waals surface area contributed by atoms with Crippen LogP contribution in [0.25, 0.3) is 10.9 Å². The van der Waals surface area contributed by atoms with Crippen molar-refractivity contribution < 1.29 is 0 Å². The molecule has 0 radical (unpaired) electrons. The van der Waals surface area contributed by atoms with Crippen LogP contribution in [-0.4, -0.2) is 10.6 Å². The molecule has 0 fully saturated rings. The Kier molecular flexibility index (Phi) is 3.76. The second-order valence-corrected chi connectivity index (χ2v) is 5.70. The molecule has 2 aromatic rings. The van der Waals surface area contributed by atoms with E-state index in [1.165, 1.54) is 22.2 Å². The van der Waals surface area contributed by atoms with E-state index in [9.17, 15) is 0 Å². The van der Waals surface area contributed by atoms with Crippen LogP contribution in [-0.2, 0) is 6.54 Å². The number of fused-ring (bicyclic) bond motifs is 1. The molecule has 0 saturated carbocycles. The molecule has 0 aliphatic carbocycles. The average Bonchev–Trinajstić information content (AvgIpc) is 2.63. The highest BCUT2D eigenvalue weighted by Gasteiger charge is 2.11. The highest BCUT2D eigenvalue weighted by Crippen LogP contribution is 2.25. The fourth-order valence-electron chi connectivity index (χ4n) is 2.44. The largest absolute Gasteiger partial charge is 0.341 e. The maximum absolute atomic E-state index is 3.51. The number of aryl methyl sites for hydroxylation is 1. The van der Waals surface area contributed by atoms with Crippen molar-refractivity contribution in [2.45, 2.75) is 53.2 Å². The second-order valence-electron chi connectivity index (χ2n) is 5.70. The summed E-state index contributed by atoms with van der Waals surface area (Å²) in [4.78, 5) is 0.